The zero-order chi connectivity index (χ0) is 103. The maximum Gasteiger partial charge on any atom is 0.191 e. The summed E-state index contributed by atoms with van der Waals surface area (Å²) in [6, 6.07) is 49.6. The number of rotatable bonds is 20. The number of allylic oxidation sites excluding steroid dienone is 4. The molecule has 8 aliphatic carbocycles. The van der Waals surface area contributed by atoms with Crippen molar-refractivity contribution < 1.29 is 75.1 Å². The largest absolute Gasteiger partial charge is 0.381 e. The molecule has 148 heavy (non-hydrogen) atoms. The van der Waals surface area contributed by atoms with Crippen molar-refractivity contribution in [2.45, 2.75) is 179 Å². The lowest BCUT2D eigenvalue weighted by Crippen LogP contribution is -2.48. The Bertz CT molecular complexity index is 8090. The Kier molecular flexibility index (Phi) is 27.6. The minimum Gasteiger partial charge on any atom is -0.381 e. The van der Waals surface area contributed by atoms with Gasteiger partial charge in [-0.15, -0.1) is 0 Å². The van der Waals surface area contributed by atoms with Crippen molar-refractivity contribution >= 4 is 86.8 Å². The van der Waals surface area contributed by atoms with E-state index in [0.717, 1.165) is 84.3 Å². The van der Waals surface area contributed by atoms with E-state index in [9.17, 15) is 70.4 Å². The fourth-order valence-electron chi connectivity index (χ4n) is 23.1. The third-order valence-corrected chi connectivity index (χ3v) is 40.2. The van der Waals surface area contributed by atoms with Crippen LogP contribution in [0.25, 0.3) is 47.1 Å². The van der Waals surface area contributed by atoms with E-state index in [1.165, 1.54) is 97.6 Å². The first-order valence-corrected chi connectivity index (χ1v) is 55.8. The summed E-state index contributed by atoms with van der Waals surface area (Å²) in [6.45, 7) is 8.56. The van der Waals surface area contributed by atoms with Crippen molar-refractivity contribution in [2.24, 2.45) is 27.1 Å². The van der Waals surface area contributed by atoms with Gasteiger partial charge in [0.05, 0.1) is 134 Å². The predicted octanol–water partition coefficient (Wildman–Crippen LogP) is 19.2. The van der Waals surface area contributed by atoms with Crippen LogP contribution in [0.3, 0.4) is 0 Å². The average Bonchev–Trinajstić information content (AvgIpc) is 1.28. The molecular formula is C113H106F4N14O13S4. The molecule has 8 atom stereocenters. The number of hydrogen-bond acceptors (Lipinski definition) is 23. The molecule has 0 bridgehead atoms. The SMILES string of the molecule is CC(C)(C)CS(=O)(=O)[C@H]1CCC2=Cc3c(cnn3-c3ccc(F)cc3)C[C@]2(C(=O)c2ccccn2)C1.Cc1ccnc(C(=O)[C@]23Cc4cnn(-c5ccc(F)cc5)c4C=C2CC[C@H](S(=O)(=O)c2ccncc2)C3)c1.O=C(c1ccccn1)[C@]12Cc3cnn(-c4ccc(F)cc4)c3C=C1CC[C@H](S(=O)(=O)C1CCOCC1)C2.O=C(c1ccccn1)[C@]12Cc3cnn(-c4ccc(F)cc4)c3C=C1CC[C@H](S(=O)(=O)c1ccncc1)C2. The number of sulfone groups is 4. The van der Waals surface area contributed by atoms with Crippen molar-refractivity contribution in [3.05, 3.63) is 381 Å². The van der Waals surface area contributed by atoms with Gasteiger partial charge in [0.15, 0.2) is 62.5 Å². The van der Waals surface area contributed by atoms with Crippen molar-refractivity contribution in [3.8, 4) is 22.7 Å². The normalized spacial score (nSPS) is 21.9. The van der Waals surface area contributed by atoms with E-state index in [1.807, 2.05) is 58.1 Å². The highest BCUT2D eigenvalue weighted by atomic mass is 32.2. The highest BCUT2D eigenvalue weighted by molar-refractivity contribution is 7.93. The van der Waals surface area contributed by atoms with E-state index in [-0.39, 0.29) is 93.0 Å². The van der Waals surface area contributed by atoms with Crippen molar-refractivity contribution in [2.75, 3.05) is 19.0 Å². The molecule has 11 heterocycles. The summed E-state index contributed by atoms with van der Waals surface area (Å²) in [6.07, 6.45) is 33.7. The summed E-state index contributed by atoms with van der Waals surface area (Å²) in [7, 11) is -14.2. The Labute approximate surface area is 854 Å². The van der Waals surface area contributed by atoms with E-state index in [2.05, 4.69) is 50.3 Å². The maximum absolute atomic E-state index is 14.3. The van der Waals surface area contributed by atoms with Crippen LogP contribution >= 0.6 is 0 Å². The van der Waals surface area contributed by atoms with Crippen LogP contribution in [0.5, 0.6) is 0 Å². The molecule has 0 N–H and O–H groups in total. The van der Waals surface area contributed by atoms with E-state index in [1.54, 1.807) is 177 Å². The van der Waals surface area contributed by atoms with Crippen LogP contribution in [0.15, 0.2) is 295 Å². The molecule has 0 amide bonds. The van der Waals surface area contributed by atoms with Crippen LogP contribution < -0.4 is 0 Å². The molecule has 5 fully saturated rings. The number of ketones is 4. The van der Waals surface area contributed by atoms with Gasteiger partial charge in [0, 0.05) is 62.8 Å². The summed E-state index contributed by atoms with van der Waals surface area (Å²) in [5.41, 5.74) is 10.9. The maximum atomic E-state index is 14.3. The zero-order valence-electron chi connectivity index (χ0n) is 81.6. The number of ether oxygens (including phenoxy) is 1. The third-order valence-electron chi connectivity index (χ3n) is 30.4. The molecule has 1 saturated heterocycles. The van der Waals surface area contributed by atoms with Gasteiger partial charge >= 0.3 is 0 Å². The predicted molar refractivity (Wildman–Crippen MR) is 549 cm³/mol. The van der Waals surface area contributed by atoms with Gasteiger partial charge in [0.1, 0.15) is 46.0 Å². The molecule has 0 spiro atoms. The van der Waals surface area contributed by atoms with Gasteiger partial charge in [0.25, 0.3) is 0 Å². The van der Waals surface area contributed by atoms with Crippen molar-refractivity contribution in [3.63, 3.8) is 0 Å². The van der Waals surface area contributed by atoms with Crippen LogP contribution in [-0.2, 0) is 69.8 Å². The fraction of sp³-hybridized carbons (Fsp3) is 0.310. The molecule has 10 aromatic heterocycles. The molecule has 35 heteroatoms. The topological polar surface area (TPSA) is 363 Å². The van der Waals surface area contributed by atoms with Crippen molar-refractivity contribution in [1.29, 1.82) is 0 Å². The van der Waals surface area contributed by atoms with Crippen LogP contribution in [0, 0.1) is 57.3 Å². The molecule has 9 aliphatic rings. The smallest absolute Gasteiger partial charge is 0.191 e. The minimum absolute atomic E-state index is 0.0747. The first kappa shape index (κ1) is 101. The van der Waals surface area contributed by atoms with Crippen LogP contribution in [0.2, 0.25) is 0 Å². The number of carbonyl (C=O) groups excluding carboxylic acids is 4. The number of hydrogen-bond donors (Lipinski definition) is 0. The van der Waals surface area contributed by atoms with Gasteiger partial charge in [-0.3, -0.25) is 49.1 Å². The van der Waals surface area contributed by atoms with Crippen LogP contribution in [0.1, 0.15) is 203 Å². The second-order valence-corrected chi connectivity index (χ2v) is 50.1. The summed E-state index contributed by atoms with van der Waals surface area (Å²) < 4.78 is 175. The number of nitrogens with zero attached hydrogens (tertiary/aromatic N) is 14. The van der Waals surface area contributed by atoms with E-state index in [0.29, 0.717) is 137 Å². The first-order valence-electron chi connectivity index (χ1n) is 49.3. The average molecular weight is 2070 g/mol. The lowest BCUT2D eigenvalue weighted by atomic mass is 9.61. The Morgan fingerprint density at radius 1 is 0.351 bits per heavy atom. The van der Waals surface area contributed by atoms with Gasteiger partial charge in [-0.2, -0.15) is 20.4 Å². The Morgan fingerprint density at radius 2 is 0.649 bits per heavy atom. The molecule has 4 saturated carbocycles. The molecule has 4 aromatic carbocycles. The Morgan fingerprint density at radius 3 is 0.959 bits per heavy atom. The van der Waals surface area contributed by atoms with Gasteiger partial charge < -0.3 is 4.74 Å². The first-order chi connectivity index (χ1) is 71.0. The zero-order valence-corrected chi connectivity index (χ0v) is 84.9. The lowest BCUT2D eigenvalue weighted by Gasteiger charge is -2.44. The van der Waals surface area contributed by atoms with Crippen LogP contribution in [-0.4, -0.2) is 171 Å². The van der Waals surface area contributed by atoms with Gasteiger partial charge in [0.2, 0.25) is 0 Å². The summed E-state index contributed by atoms with van der Waals surface area (Å²) in [4.78, 5) is 82.2. The Balaban J connectivity index is 0.000000120. The molecule has 1 aliphatic heterocycles. The number of carbonyl (C=O) groups is 4. The van der Waals surface area contributed by atoms with E-state index < -0.39 is 87.3 Å². The number of fused-ring (bicyclic) bond motifs is 8. The van der Waals surface area contributed by atoms with Gasteiger partial charge in [-0.25, -0.2) is 70.0 Å². The van der Waals surface area contributed by atoms with Gasteiger partial charge in [-0.05, 0) is 350 Å². The standard InChI is InChI=1S/C29H25FN4O3S.C28H23FN4O3S.C28H28FN3O4S.C28H30FN3O3S/c1-19-8-13-32-26(14-19)28(35)29-16-20-18-33-34(23-5-3-22(30)4-6-23)27(20)15-21(29)2-7-25(17-29)38(36,37)24-9-11-31-12-10-24;29-21-5-7-22(8-6-21)33-26-15-20-4-9-24(37(35,36)23-10-13-30-14-11-23)17-28(20,16-19(26)18-32-33)27(34)25-3-1-2-12-31-25;29-21-5-7-22(8-6-21)32-26-15-20-4-9-24(37(34,35)23-10-13-36-14-11-23)17-28(20,16-19(26)18-31-32)27(33)25-3-1-2-12-30-25;1-27(2,3)18-36(34,35)23-12-7-20-14-25-19(17-31-32(25)22-10-8-21(29)9-11-22)15-28(20,16-23)26(33)24-6-4-5-13-30-24/h3-6,8-15,18,25H,2,7,16-17H2,1H3;1-3,5-8,10-15,18,24H,4,9,16-17H2;1-3,5-8,12,15,18,23-24H,4,9-11,13-14,16-17H2;4-6,8-11,13-14,17,23H,7,12,15-16,18H2,1-3H3/t25-,29-;2*24-,28-;23-,28-/m0000/s1. The number of benzene rings is 4. The molecule has 0 radical (unpaired) electrons. The second-order valence-electron chi connectivity index (χ2n) is 40.9. The summed E-state index contributed by atoms with van der Waals surface area (Å²) >= 11 is 0. The van der Waals surface area contributed by atoms with E-state index in [4.69, 9.17) is 4.74 Å². The summed E-state index contributed by atoms with van der Waals surface area (Å²) in [5, 5.41) is 15.1. The second kappa shape index (κ2) is 40.4. The number of aryl methyl sites for hydroxylation is 1. The molecule has 758 valence electrons. The molecule has 14 aromatic rings. The number of pyridine rings is 6. The molecular weight excluding hydrogens is 1970 g/mol. The van der Waals surface area contributed by atoms with Crippen molar-refractivity contribution in [1.82, 2.24) is 69.0 Å². The molecule has 0 unspecified atom stereocenters. The number of halogens is 4. The summed E-state index contributed by atoms with van der Waals surface area (Å²) in [5.74, 6) is -1.91. The quantitative estimate of drug-likeness (QED) is 0.0505. The number of Topliss-reactive ketones (excluding diaryl/α,β-unsaturated/α-hetero) is 4. The minimum atomic E-state index is -3.69. The monoisotopic (exact) mass is 2070 g/mol. The highest BCUT2D eigenvalue weighted by Crippen LogP contribution is 2.58. The van der Waals surface area contributed by atoms with Gasteiger partial charge in [-0.1, -0.05) is 61.3 Å². The molecule has 23 rings (SSSR count). The lowest BCUT2D eigenvalue weighted by molar-refractivity contribution is 0.0788. The third kappa shape index (κ3) is 19.5. The Hall–Kier alpha value is -14.3. The van der Waals surface area contributed by atoms with Crippen LogP contribution in [0.4, 0.5) is 17.6 Å². The highest BCUT2D eigenvalue weighted by Gasteiger charge is 2.58. The van der Waals surface area contributed by atoms with E-state index >= 15 is 0 Å². The fourth-order valence-corrected chi connectivity index (χ4v) is 31.5. The molecule has 27 nitrogen and oxygen atoms in total. The number of aromatic nitrogens is 14.